The molecule has 2 unspecified atom stereocenters. The van der Waals surface area contributed by atoms with Gasteiger partial charge in [0.25, 0.3) is 0 Å². The number of hydrogen-bond acceptors (Lipinski definition) is 4. The van der Waals surface area contributed by atoms with Crippen molar-refractivity contribution in [2.45, 2.75) is 19.4 Å². The second-order valence-electron chi connectivity index (χ2n) is 5.40. The number of amides is 1. The van der Waals surface area contributed by atoms with E-state index in [0.29, 0.717) is 19.4 Å². The van der Waals surface area contributed by atoms with Crippen LogP contribution in [0.1, 0.15) is 17.8 Å². The van der Waals surface area contributed by atoms with E-state index in [1.165, 1.54) is 0 Å². The fourth-order valence-electron chi connectivity index (χ4n) is 2.64. The molecule has 0 aliphatic heterocycles. The van der Waals surface area contributed by atoms with Crippen LogP contribution in [0, 0.1) is 11.8 Å². The molecule has 2 aromatic rings. The molecular formula is C15H16N2O3S. The van der Waals surface area contributed by atoms with Crippen molar-refractivity contribution in [3.05, 3.63) is 29.3 Å². The van der Waals surface area contributed by atoms with E-state index in [1.807, 2.05) is 24.3 Å². The van der Waals surface area contributed by atoms with E-state index in [2.05, 4.69) is 4.98 Å². The Hall–Kier alpha value is -1.95. The Morgan fingerprint density at radius 3 is 2.67 bits per heavy atom. The lowest BCUT2D eigenvalue weighted by molar-refractivity contribution is -0.156. The van der Waals surface area contributed by atoms with Gasteiger partial charge in [0.1, 0.15) is 5.01 Å². The summed E-state index contributed by atoms with van der Waals surface area (Å²) in [6.45, 7) is 0.432. The normalized spacial score (nSPS) is 21.0. The first-order valence-corrected chi connectivity index (χ1v) is 7.70. The van der Waals surface area contributed by atoms with Crippen molar-refractivity contribution in [2.24, 2.45) is 11.8 Å². The fourth-order valence-corrected chi connectivity index (χ4v) is 3.66. The summed E-state index contributed by atoms with van der Waals surface area (Å²) >= 11 is 1.57. The first-order chi connectivity index (χ1) is 10.1. The highest BCUT2D eigenvalue weighted by molar-refractivity contribution is 7.18. The quantitative estimate of drug-likeness (QED) is 0.941. The highest BCUT2D eigenvalue weighted by atomic mass is 32.1. The molecule has 1 aliphatic rings. The first kappa shape index (κ1) is 14.0. The van der Waals surface area contributed by atoms with E-state index < -0.39 is 11.9 Å². The Morgan fingerprint density at radius 2 is 2.05 bits per heavy atom. The van der Waals surface area contributed by atoms with Gasteiger partial charge in [-0.05, 0) is 25.0 Å². The summed E-state index contributed by atoms with van der Waals surface area (Å²) in [5, 5.41) is 9.91. The van der Waals surface area contributed by atoms with Gasteiger partial charge in [-0.3, -0.25) is 9.59 Å². The molecule has 0 saturated heterocycles. The average molecular weight is 304 g/mol. The van der Waals surface area contributed by atoms with E-state index in [0.717, 1.165) is 15.2 Å². The summed E-state index contributed by atoms with van der Waals surface area (Å²) in [6.07, 6.45) is 1.26. The van der Waals surface area contributed by atoms with Crippen molar-refractivity contribution < 1.29 is 14.7 Å². The number of para-hydroxylation sites is 1. The minimum Gasteiger partial charge on any atom is -0.481 e. The molecule has 1 aliphatic carbocycles. The fraction of sp³-hybridized carbons (Fsp3) is 0.400. The van der Waals surface area contributed by atoms with Crippen molar-refractivity contribution in [1.29, 1.82) is 0 Å². The number of carbonyl (C=O) groups excluding carboxylic acids is 1. The summed E-state index contributed by atoms with van der Waals surface area (Å²) in [5.41, 5.74) is 0.936. The van der Waals surface area contributed by atoms with Gasteiger partial charge in [0.2, 0.25) is 5.91 Å². The van der Waals surface area contributed by atoms with E-state index >= 15 is 0 Å². The molecule has 1 aromatic heterocycles. The Kier molecular flexibility index (Phi) is 3.63. The summed E-state index contributed by atoms with van der Waals surface area (Å²) in [7, 11) is 1.71. The second kappa shape index (κ2) is 5.44. The van der Waals surface area contributed by atoms with Crippen molar-refractivity contribution in [3.8, 4) is 0 Å². The number of aromatic nitrogens is 1. The predicted molar refractivity (Wildman–Crippen MR) is 79.9 cm³/mol. The van der Waals surface area contributed by atoms with Gasteiger partial charge in [0, 0.05) is 7.05 Å². The highest BCUT2D eigenvalue weighted by Crippen LogP contribution is 2.36. The van der Waals surface area contributed by atoms with Crippen LogP contribution in [0.25, 0.3) is 10.2 Å². The molecule has 1 amide bonds. The average Bonchev–Trinajstić information content (AvgIpc) is 2.78. The van der Waals surface area contributed by atoms with Gasteiger partial charge >= 0.3 is 5.97 Å². The van der Waals surface area contributed by atoms with Crippen LogP contribution < -0.4 is 0 Å². The molecule has 1 saturated carbocycles. The molecular weight excluding hydrogens is 288 g/mol. The first-order valence-electron chi connectivity index (χ1n) is 6.88. The molecule has 110 valence electrons. The zero-order chi connectivity index (χ0) is 15.0. The molecule has 0 bridgehead atoms. The molecule has 6 heteroatoms. The predicted octanol–water partition coefficient (Wildman–Crippen LogP) is 2.37. The Bertz CT molecular complexity index is 664. The monoisotopic (exact) mass is 304 g/mol. The van der Waals surface area contributed by atoms with E-state index in [1.54, 1.807) is 23.3 Å². The number of fused-ring (bicyclic) bond motifs is 1. The van der Waals surface area contributed by atoms with Gasteiger partial charge in [-0.25, -0.2) is 4.98 Å². The number of benzene rings is 1. The van der Waals surface area contributed by atoms with Crippen LogP contribution in [0.4, 0.5) is 0 Å². The molecule has 0 radical (unpaired) electrons. The molecule has 1 aromatic carbocycles. The third-order valence-corrected chi connectivity index (χ3v) is 5.02. The Morgan fingerprint density at radius 1 is 1.33 bits per heavy atom. The second-order valence-corrected chi connectivity index (χ2v) is 6.51. The van der Waals surface area contributed by atoms with Gasteiger partial charge < -0.3 is 10.0 Å². The minimum absolute atomic E-state index is 0.0899. The molecule has 0 spiro atoms. The number of carboxylic acid groups (broad SMARTS) is 1. The van der Waals surface area contributed by atoms with Gasteiger partial charge in [-0.15, -0.1) is 11.3 Å². The van der Waals surface area contributed by atoms with Crippen molar-refractivity contribution in [2.75, 3.05) is 7.05 Å². The number of carbonyl (C=O) groups is 2. The third kappa shape index (κ3) is 2.63. The van der Waals surface area contributed by atoms with Gasteiger partial charge in [-0.1, -0.05) is 12.1 Å². The zero-order valence-electron chi connectivity index (χ0n) is 11.7. The molecule has 1 heterocycles. The summed E-state index contributed by atoms with van der Waals surface area (Å²) in [6, 6.07) is 7.85. The molecule has 2 atom stereocenters. The van der Waals surface area contributed by atoms with Crippen LogP contribution in [0.2, 0.25) is 0 Å². The van der Waals surface area contributed by atoms with Crippen molar-refractivity contribution in [1.82, 2.24) is 9.88 Å². The maximum Gasteiger partial charge on any atom is 0.307 e. The molecule has 1 fully saturated rings. The van der Waals surface area contributed by atoms with Gasteiger partial charge in [-0.2, -0.15) is 0 Å². The van der Waals surface area contributed by atoms with Crippen LogP contribution in [-0.4, -0.2) is 33.9 Å². The lowest BCUT2D eigenvalue weighted by Crippen LogP contribution is -2.44. The summed E-state index contributed by atoms with van der Waals surface area (Å²) in [4.78, 5) is 29.4. The van der Waals surface area contributed by atoms with Crippen molar-refractivity contribution in [3.63, 3.8) is 0 Å². The topological polar surface area (TPSA) is 70.5 Å². The number of carboxylic acids is 1. The molecule has 5 nitrogen and oxygen atoms in total. The smallest absolute Gasteiger partial charge is 0.307 e. The maximum absolute atomic E-state index is 12.3. The van der Waals surface area contributed by atoms with Gasteiger partial charge in [0.15, 0.2) is 0 Å². The molecule has 3 rings (SSSR count). The summed E-state index contributed by atoms with van der Waals surface area (Å²) < 4.78 is 1.10. The highest BCUT2D eigenvalue weighted by Gasteiger charge is 2.42. The number of rotatable bonds is 4. The maximum atomic E-state index is 12.3. The lowest BCUT2D eigenvalue weighted by atomic mass is 9.73. The lowest BCUT2D eigenvalue weighted by Gasteiger charge is -2.34. The number of thiazole rings is 1. The van der Waals surface area contributed by atoms with Crippen LogP contribution in [0.15, 0.2) is 24.3 Å². The largest absolute Gasteiger partial charge is 0.481 e. The minimum atomic E-state index is -0.868. The van der Waals surface area contributed by atoms with Crippen LogP contribution in [0.3, 0.4) is 0 Å². The molecule has 1 N–H and O–H groups in total. The van der Waals surface area contributed by atoms with Crippen LogP contribution in [-0.2, 0) is 16.1 Å². The van der Waals surface area contributed by atoms with Crippen LogP contribution in [0.5, 0.6) is 0 Å². The third-order valence-electron chi connectivity index (χ3n) is 4.00. The van der Waals surface area contributed by atoms with Gasteiger partial charge in [0.05, 0.1) is 28.6 Å². The van der Waals surface area contributed by atoms with E-state index in [-0.39, 0.29) is 11.8 Å². The number of hydrogen-bond donors (Lipinski definition) is 1. The van der Waals surface area contributed by atoms with Crippen LogP contribution >= 0.6 is 11.3 Å². The van der Waals surface area contributed by atoms with E-state index in [4.69, 9.17) is 5.11 Å². The molecule has 21 heavy (non-hydrogen) atoms. The van der Waals surface area contributed by atoms with Crippen molar-refractivity contribution >= 4 is 33.4 Å². The Labute approximate surface area is 126 Å². The van der Waals surface area contributed by atoms with E-state index in [9.17, 15) is 9.59 Å². The Balaban J connectivity index is 1.69. The standard InChI is InChI=1S/C15H16N2O3S/c1-17(14(18)9-6-7-10(9)15(19)20)8-13-16-11-4-2-3-5-12(11)21-13/h2-5,9-10H,6-8H2,1H3,(H,19,20). The summed E-state index contributed by atoms with van der Waals surface area (Å²) in [5.74, 6) is -1.85. The SMILES string of the molecule is CN(Cc1nc2ccccc2s1)C(=O)C1CCC1C(=O)O. The number of aliphatic carboxylic acids is 1. The number of nitrogens with zero attached hydrogens (tertiary/aromatic N) is 2. The zero-order valence-corrected chi connectivity index (χ0v) is 12.5.